The van der Waals surface area contributed by atoms with Crippen molar-refractivity contribution in [3.05, 3.63) is 35.1 Å². The molecule has 0 aliphatic carbocycles. The first kappa shape index (κ1) is 17.1. The molecule has 8 nitrogen and oxygen atoms in total. The number of nitrogens with two attached hydrogens (primary N) is 1. The van der Waals surface area contributed by atoms with Crippen LogP contribution in [0.3, 0.4) is 0 Å². The van der Waals surface area contributed by atoms with Gasteiger partial charge in [0.15, 0.2) is 11.0 Å². The number of primary amides is 1. The summed E-state index contributed by atoms with van der Waals surface area (Å²) < 4.78 is 7.29. The number of thioether (sulfide) groups is 1. The van der Waals surface area contributed by atoms with E-state index in [0.717, 1.165) is 11.8 Å². The number of benzene rings is 1. The van der Waals surface area contributed by atoms with Gasteiger partial charge in [0.2, 0.25) is 5.91 Å². The highest BCUT2D eigenvalue weighted by atomic mass is 35.5. The van der Waals surface area contributed by atoms with Crippen LogP contribution < -0.4 is 15.8 Å². The number of hydrogen-bond acceptors (Lipinski definition) is 6. The number of urea groups is 1. The van der Waals surface area contributed by atoms with Gasteiger partial charge in [-0.1, -0.05) is 23.4 Å². The summed E-state index contributed by atoms with van der Waals surface area (Å²) >= 11 is 6.94. The molecule has 0 saturated heterocycles. The molecule has 0 spiro atoms. The molecule has 0 unspecified atom stereocenters. The number of imide groups is 1. The molecule has 3 N–H and O–H groups in total. The van der Waals surface area contributed by atoms with Crippen LogP contribution in [0.4, 0.5) is 4.79 Å². The third kappa shape index (κ3) is 5.15. The van der Waals surface area contributed by atoms with E-state index in [9.17, 15) is 9.59 Å². The molecule has 0 aliphatic heterocycles. The zero-order chi connectivity index (χ0) is 16.8. The van der Waals surface area contributed by atoms with E-state index in [0.29, 0.717) is 21.8 Å². The fourth-order valence-corrected chi connectivity index (χ4v) is 2.43. The number of ether oxygens (including phenoxy) is 1. The summed E-state index contributed by atoms with van der Waals surface area (Å²) in [6.07, 6.45) is 0. The Balaban J connectivity index is 1.89. The molecule has 23 heavy (non-hydrogen) atoms. The summed E-state index contributed by atoms with van der Waals surface area (Å²) in [4.78, 5) is 21.9. The van der Waals surface area contributed by atoms with Crippen molar-refractivity contribution in [1.82, 2.24) is 20.1 Å². The van der Waals surface area contributed by atoms with E-state index in [4.69, 9.17) is 22.1 Å². The summed E-state index contributed by atoms with van der Waals surface area (Å²) in [6.45, 7) is 0.221. The van der Waals surface area contributed by atoms with Gasteiger partial charge >= 0.3 is 6.03 Å². The first-order valence-electron chi connectivity index (χ1n) is 6.44. The van der Waals surface area contributed by atoms with Crippen LogP contribution in [0.15, 0.2) is 29.4 Å². The number of aromatic nitrogens is 3. The molecule has 0 saturated carbocycles. The molecule has 1 aromatic heterocycles. The van der Waals surface area contributed by atoms with Crippen LogP contribution in [-0.4, -0.2) is 32.5 Å². The molecule has 0 atom stereocenters. The van der Waals surface area contributed by atoms with Crippen LogP contribution in [0.5, 0.6) is 5.75 Å². The average molecular weight is 356 g/mol. The largest absolute Gasteiger partial charge is 0.486 e. The summed E-state index contributed by atoms with van der Waals surface area (Å²) in [5.41, 5.74) is 4.86. The van der Waals surface area contributed by atoms with Crippen LogP contribution >= 0.6 is 23.4 Å². The lowest BCUT2D eigenvalue weighted by atomic mass is 10.3. The van der Waals surface area contributed by atoms with Crippen molar-refractivity contribution in [3.63, 3.8) is 0 Å². The Morgan fingerprint density at radius 3 is 2.70 bits per heavy atom. The molecule has 0 aliphatic rings. The second-order valence-electron chi connectivity index (χ2n) is 4.40. The highest BCUT2D eigenvalue weighted by Crippen LogP contribution is 2.18. The second kappa shape index (κ2) is 7.84. The number of carbonyl (C=O) groups is 2. The Hall–Kier alpha value is -2.26. The lowest BCUT2D eigenvalue weighted by molar-refractivity contribution is -0.117. The minimum Gasteiger partial charge on any atom is -0.486 e. The van der Waals surface area contributed by atoms with Crippen molar-refractivity contribution in [2.24, 2.45) is 12.8 Å². The predicted octanol–water partition coefficient (Wildman–Crippen LogP) is 1.33. The molecule has 122 valence electrons. The van der Waals surface area contributed by atoms with E-state index in [1.165, 1.54) is 0 Å². The Kier molecular flexibility index (Phi) is 5.83. The van der Waals surface area contributed by atoms with E-state index < -0.39 is 11.9 Å². The van der Waals surface area contributed by atoms with Crippen LogP contribution in [0.25, 0.3) is 0 Å². The Morgan fingerprint density at radius 2 is 2.04 bits per heavy atom. The fraction of sp³-hybridized carbons (Fsp3) is 0.231. The van der Waals surface area contributed by atoms with E-state index in [-0.39, 0.29) is 12.4 Å². The maximum absolute atomic E-state index is 11.4. The smallest absolute Gasteiger partial charge is 0.318 e. The molecule has 2 aromatic rings. The molecule has 0 bridgehead atoms. The zero-order valence-corrected chi connectivity index (χ0v) is 13.7. The minimum absolute atomic E-state index is 0.00690. The maximum Gasteiger partial charge on any atom is 0.318 e. The van der Waals surface area contributed by atoms with Gasteiger partial charge in [-0.2, -0.15) is 0 Å². The monoisotopic (exact) mass is 355 g/mol. The van der Waals surface area contributed by atoms with Gasteiger partial charge < -0.3 is 15.0 Å². The number of carbonyl (C=O) groups excluding carboxylic acids is 2. The van der Waals surface area contributed by atoms with Gasteiger partial charge in [0.1, 0.15) is 12.4 Å². The Labute approximate surface area is 141 Å². The topological polar surface area (TPSA) is 112 Å². The number of nitrogens with one attached hydrogen (secondary N) is 1. The number of rotatable bonds is 6. The summed E-state index contributed by atoms with van der Waals surface area (Å²) in [5, 5.41) is 11.1. The average Bonchev–Trinajstić information content (AvgIpc) is 2.84. The van der Waals surface area contributed by atoms with Gasteiger partial charge in [-0.15, -0.1) is 10.2 Å². The van der Waals surface area contributed by atoms with Gasteiger partial charge in [-0.3, -0.25) is 10.1 Å². The summed E-state index contributed by atoms with van der Waals surface area (Å²) in [7, 11) is 1.76. The van der Waals surface area contributed by atoms with Gasteiger partial charge in [-0.25, -0.2) is 4.79 Å². The van der Waals surface area contributed by atoms with E-state index in [1.54, 1.807) is 35.9 Å². The van der Waals surface area contributed by atoms with Crippen LogP contribution in [0.2, 0.25) is 5.02 Å². The van der Waals surface area contributed by atoms with Gasteiger partial charge in [0.05, 0.1) is 5.75 Å². The SMILES string of the molecule is Cn1c(COc2ccc(Cl)cc2)nnc1SCC(=O)NC(N)=O. The molecule has 10 heteroatoms. The van der Waals surface area contributed by atoms with Crippen molar-refractivity contribution >= 4 is 35.3 Å². The molecule has 1 aromatic carbocycles. The first-order chi connectivity index (χ1) is 11.0. The molecule has 2 rings (SSSR count). The van der Waals surface area contributed by atoms with E-state index in [2.05, 4.69) is 10.2 Å². The summed E-state index contributed by atoms with van der Waals surface area (Å²) in [5.74, 6) is 0.766. The molecular weight excluding hydrogens is 342 g/mol. The quantitative estimate of drug-likeness (QED) is 0.756. The molecule has 0 fully saturated rings. The van der Waals surface area contributed by atoms with Crippen LogP contribution in [0.1, 0.15) is 5.82 Å². The molecule has 0 radical (unpaired) electrons. The fourth-order valence-electron chi connectivity index (χ4n) is 1.58. The first-order valence-corrected chi connectivity index (χ1v) is 7.81. The third-order valence-electron chi connectivity index (χ3n) is 2.70. The van der Waals surface area contributed by atoms with Crippen LogP contribution in [-0.2, 0) is 18.4 Å². The van der Waals surface area contributed by atoms with Crippen molar-refractivity contribution in [2.45, 2.75) is 11.8 Å². The predicted molar refractivity (Wildman–Crippen MR) is 85.2 cm³/mol. The van der Waals surface area contributed by atoms with E-state index in [1.807, 2.05) is 5.32 Å². The third-order valence-corrected chi connectivity index (χ3v) is 3.97. The molecule has 1 heterocycles. The lowest BCUT2D eigenvalue weighted by Gasteiger charge is -2.06. The van der Waals surface area contributed by atoms with Crippen molar-refractivity contribution in [1.29, 1.82) is 0 Å². The lowest BCUT2D eigenvalue weighted by Crippen LogP contribution is -2.36. The Morgan fingerprint density at radius 1 is 1.35 bits per heavy atom. The van der Waals surface area contributed by atoms with E-state index >= 15 is 0 Å². The molecular formula is C13H14ClN5O3S. The maximum atomic E-state index is 11.4. The van der Waals surface area contributed by atoms with Crippen molar-refractivity contribution in [2.75, 3.05) is 5.75 Å². The normalized spacial score (nSPS) is 10.3. The summed E-state index contributed by atoms with van der Waals surface area (Å²) in [6, 6.07) is 6.08. The van der Waals surface area contributed by atoms with Crippen LogP contribution in [0, 0.1) is 0 Å². The number of nitrogens with zero attached hydrogens (tertiary/aromatic N) is 3. The van der Waals surface area contributed by atoms with Crippen molar-refractivity contribution < 1.29 is 14.3 Å². The standard InChI is InChI=1S/C13H14ClN5O3S/c1-19-10(6-22-9-4-2-8(14)3-5-9)17-18-13(19)23-7-11(20)16-12(15)21/h2-5H,6-7H2,1H3,(H3,15,16,20,21). The Bertz CT molecular complexity index is 704. The van der Waals surface area contributed by atoms with Gasteiger partial charge in [0.25, 0.3) is 0 Å². The van der Waals surface area contributed by atoms with Crippen molar-refractivity contribution in [3.8, 4) is 5.75 Å². The highest BCUT2D eigenvalue weighted by Gasteiger charge is 2.12. The number of hydrogen-bond donors (Lipinski definition) is 2. The zero-order valence-electron chi connectivity index (χ0n) is 12.2. The number of amides is 3. The highest BCUT2D eigenvalue weighted by molar-refractivity contribution is 7.99. The molecule has 3 amide bonds. The second-order valence-corrected chi connectivity index (χ2v) is 5.78. The minimum atomic E-state index is -0.884. The number of halogens is 1. The van der Waals surface area contributed by atoms with Gasteiger partial charge in [0, 0.05) is 12.1 Å². The van der Waals surface area contributed by atoms with Gasteiger partial charge in [-0.05, 0) is 24.3 Å².